The Morgan fingerprint density at radius 1 is 1.20 bits per heavy atom. The van der Waals surface area contributed by atoms with E-state index in [9.17, 15) is 0 Å². The van der Waals surface area contributed by atoms with Crippen molar-refractivity contribution in [2.75, 3.05) is 11.4 Å². The number of aromatic nitrogens is 2. The Bertz CT molecular complexity index is 489. The van der Waals surface area contributed by atoms with Crippen LogP contribution in [0.5, 0.6) is 0 Å². The van der Waals surface area contributed by atoms with Crippen LogP contribution in [-0.4, -0.2) is 22.6 Å². The highest BCUT2D eigenvalue weighted by atomic mass is 35.5. The summed E-state index contributed by atoms with van der Waals surface area (Å²) in [6.45, 7) is 5.34. The van der Waals surface area contributed by atoms with Crippen molar-refractivity contribution in [3.05, 3.63) is 16.5 Å². The summed E-state index contributed by atoms with van der Waals surface area (Å²) in [6, 6.07) is 0.683. The summed E-state index contributed by atoms with van der Waals surface area (Å²) in [5.74, 6) is 2.87. The fourth-order valence-corrected chi connectivity index (χ4v) is 4.03. The third-order valence-electron chi connectivity index (χ3n) is 4.85. The van der Waals surface area contributed by atoms with Gasteiger partial charge in [0.25, 0.3) is 0 Å². The van der Waals surface area contributed by atoms with E-state index in [-0.39, 0.29) is 0 Å². The van der Waals surface area contributed by atoms with Crippen molar-refractivity contribution in [1.82, 2.24) is 9.97 Å². The molecule has 2 unspecified atom stereocenters. The van der Waals surface area contributed by atoms with Gasteiger partial charge in [0.2, 0.25) is 0 Å². The summed E-state index contributed by atoms with van der Waals surface area (Å²) in [7, 11) is 0. The summed E-state index contributed by atoms with van der Waals surface area (Å²) < 4.78 is 0. The van der Waals surface area contributed by atoms with Crippen LogP contribution in [0, 0.1) is 12.8 Å². The van der Waals surface area contributed by atoms with E-state index in [1.54, 1.807) is 0 Å². The molecule has 1 aliphatic carbocycles. The number of anilines is 1. The first-order valence-corrected chi connectivity index (χ1v) is 8.38. The SMILES string of the molecule is CCCc1nc(Cl)c(C)c(N2CCCC3CCCC32)n1. The first kappa shape index (κ1) is 14.1. The second kappa shape index (κ2) is 5.88. The smallest absolute Gasteiger partial charge is 0.137 e. The number of fused-ring (bicyclic) bond motifs is 1. The number of piperidine rings is 1. The van der Waals surface area contributed by atoms with Gasteiger partial charge in [-0.3, -0.25) is 0 Å². The molecule has 4 heteroatoms. The molecule has 1 aromatic heterocycles. The maximum Gasteiger partial charge on any atom is 0.137 e. The summed E-state index contributed by atoms with van der Waals surface area (Å²) in [6.07, 6.45) is 8.72. The normalized spacial score (nSPS) is 25.9. The van der Waals surface area contributed by atoms with Gasteiger partial charge in [0, 0.05) is 24.6 Å². The molecule has 20 heavy (non-hydrogen) atoms. The van der Waals surface area contributed by atoms with E-state index >= 15 is 0 Å². The van der Waals surface area contributed by atoms with Crippen LogP contribution in [0.2, 0.25) is 5.15 Å². The van der Waals surface area contributed by atoms with Crippen LogP contribution >= 0.6 is 11.6 Å². The topological polar surface area (TPSA) is 29.0 Å². The number of rotatable bonds is 3. The van der Waals surface area contributed by atoms with Gasteiger partial charge < -0.3 is 4.90 Å². The van der Waals surface area contributed by atoms with E-state index in [4.69, 9.17) is 16.6 Å². The molecule has 0 aromatic carbocycles. The monoisotopic (exact) mass is 293 g/mol. The average molecular weight is 294 g/mol. The zero-order valence-corrected chi connectivity index (χ0v) is 13.3. The number of nitrogens with zero attached hydrogens (tertiary/aromatic N) is 3. The molecule has 1 saturated carbocycles. The maximum absolute atomic E-state index is 6.34. The second-order valence-electron chi connectivity index (χ2n) is 6.22. The highest BCUT2D eigenvalue weighted by molar-refractivity contribution is 6.30. The molecule has 1 aromatic rings. The predicted molar refractivity (Wildman–Crippen MR) is 83.5 cm³/mol. The largest absolute Gasteiger partial charge is 0.353 e. The Balaban J connectivity index is 1.95. The Labute approximate surface area is 126 Å². The van der Waals surface area contributed by atoms with E-state index in [0.29, 0.717) is 11.2 Å². The molecular formula is C16H24ClN3. The first-order valence-electron chi connectivity index (χ1n) is 8.00. The standard InChI is InChI=1S/C16H24ClN3/c1-3-6-14-18-15(17)11(2)16(19-14)20-10-5-8-12-7-4-9-13(12)20/h12-13H,3-10H2,1-2H3. The van der Waals surface area contributed by atoms with Crippen LogP contribution in [-0.2, 0) is 6.42 Å². The number of hydrogen-bond acceptors (Lipinski definition) is 3. The fraction of sp³-hybridized carbons (Fsp3) is 0.750. The van der Waals surface area contributed by atoms with Gasteiger partial charge in [-0.1, -0.05) is 24.9 Å². The van der Waals surface area contributed by atoms with Crippen molar-refractivity contribution in [3.63, 3.8) is 0 Å². The van der Waals surface area contributed by atoms with Crippen molar-refractivity contribution in [2.24, 2.45) is 5.92 Å². The number of hydrogen-bond donors (Lipinski definition) is 0. The lowest BCUT2D eigenvalue weighted by Crippen LogP contribution is -2.43. The van der Waals surface area contributed by atoms with Crippen molar-refractivity contribution in [1.29, 1.82) is 0 Å². The summed E-state index contributed by atoms with van der Waals surface area (Å²) in [5.41, 5.74) is 1.05. The van der Waals surface area contributed by atoms with E-state index in [0.717, 1.165) is 42.5 Å². The lowest BCUT2D eigenvalue weighted by Gasteiger charge is -2.39. The molecule has 0 radical (unpaired) electrons. The van der Waals surface area contributed by atoms with E-state index in [1.807, 2.05) is 0 Å². The molecule has 2 fully saturated rings. The summed E-state index contributed by atoms with van der Waals surface area (Å²) >= 11 is 6.34. The Kier molecular flexibility index (Phi) is 4.16. The van der Waals surface area contributed by atoms with Crippen LogP contribution in [0.4, 0.5) is 5.82 Å². The van der Waals surface area contributed by atoms with Gasteiger partial charge in [-0.2, -0.15) is 0 Å². The predicted octanol–water partition coefficient (Wildman–Crippen LogP) is 4.16. The van der Waals surface area contributed by atoms with Gasteiger partial charge in [-0.15, -0.1) is 0 Å². The highest BCUT2D eigenvalue weighted by Crippen LogP contribution is 2.40. The lowest BCUT2D eigenvalue weighted by molar-refractivity contribution is 0.360. The molecule has 2 aliphatic rings. The molecule has 1 aliphatic heterocycles. The Morgan fingerprint density at radius 3 is 2.80 bits per heavy atom. The Hall–Kier alpha value is -0.830. The molecular weight excluding hydrogens is 270 g/mol. The lowest BCUT2D eigenvalue weighted by atomic mass is 9.92. The quantitative estimate of drug-likeness (QED) is 0.784. The molecule has 0 bridgehead atoms. The third-order valence-corrected chi connectivity index (χ3v) is 5.21. The molecule has 2 atom stereocenters. The van der Waals surface area contributed by atoms with Crippen molar-refractivity contribution >= 4 is 17.4 Å². The summed E-state index contributed by atoms with van der Waals surface area (Å²) in [5, 5.41) is 0.638. The van der Waals surface area contributed by atoms with Crippen molar-refractivity contribution in [3.8, 4) is 0 Å². The zero-order chi connectivity index (χ0) is 14.1. The minimum absolute atomic E-state index is 0.638. The van der Waals surface area contributed by atoms with Gasteiger partial charge in [-0.05, 0) is 44.9 Å². The maximum atomic E-state index is 6.34. The minimum Gasteiger partial charge on any atom is -0.353 e. The van der Waals surface area contributed by atoms with Crippen LogP contribution in [0.15, 0.2) is 0 Å². The van der Waals surface area contributed by atoms with Gasteiger partial charge in [0.15, 0.2) is 0 Å². The molecule has 1 saturated heterocycles. The van der Waals surface area contributed by atoms with E-state index in [2.05, 4.69) is 23.7 Å². The van der Waals surface area contributed by atoms with Crippen molar-refractivity contribution < 1.29 is 0 Å². The van der Waals surface area contributed by atoms with Gasteiger partial charge in [-0.25, -0.2) is 9.97 Å². The van der Waals surface area contributed by atoms with Gasteiger partial charge >= 0.3 is 0 Å². The van der Waals surface area contributed by atoms with E-state index in [1.165, 1.54) is 32.1 Å². The molecule has 0 spiro atoms. The van der Waals surface area contributed by atoms with Crippen LogP contribution < -0.4 is 4.90 Å². The number of aryl methyl sites for hydroxylation is 1. The molecule has 3 nitrogen and oxygen atoms in total. The molecule has 0 amide bonds. The first-order chi connectivity index (χ1) is 9.70. The second-order valence-corrected chi connectivity index (χ2v) is 6.58. The molecule has 2 heterocycles. The molecule has 110 valence electrons. The van der Waals surface area contributed by atoms with Crippen molar-refractivity contribution in [2.45, 2.75) is 64.8 Å². The van der Waals surface area contributed by atoms with Gasteiger partial charge in [0.1, 0.15) is 16.8 Å². The van der Waals surface area contributed by atoms with Crippen LogP contribution in [0.1, 0.15) is 56.8 Å². The van der Waals surface area contributed by atoms with Gasteiger partial charge in [0.05, 0.1) is 0 Å². The summed E-state index contributed by atoms with van der Waals surface area (Å²) in [4.78, 5) is 11.8. The molecule has 3 rings (SSSR count). The van der Waals surface area contributed by atoms with Crippen LogP contribution in [0.25, 0.3) is 0 Å². The molecule has 0 N–H and O–H groups in total. The van der Waals surface area contributed by atoms with Crippen LogP contribution in [0.3, 0.4) is 0 Å². The zero-order valence-electron chi connectivity index (χ0n) is 12.5. The minimum atomic E-state index is 0.638. The fourth-order valence-electron chi connectivity index (χ4n) is 3.85. The average Bonchev–Trinajstić information content (AvgIpc) is 2.91. The third kappa shape index (κ3) is 2.52. The Morgan fingerprint density at radius 2 is 2.00 bits per heavy atom. The highest BCUT2D eigenvalue weighted by Gasteiger charge is 2.36. The van der Waals surface area contributed by atoms with E-state index < -0.39 is 0 Å². The number of halogens is 1.